The van der Waals surface area contributed by atoms with Gasteiger partial charge in [-0.15, -0.1) is 11.8 Å². The molecule has 2 aliphatic rings. The standard InChI is InChI=1S/C16H22N2O3S2/c1-18(12-5-3-2-4-6-12)23(20,21)13-7-8-15-14(11-13)17-16(19)9-10-22-15/h7-8,11-12H,2-6,9-10H2,1H3,(H,17,19). The summed E-state index contributed by atoms with van der Waals surface area (Å²) in [6.07, 6.45) is 5.65. The van der Waals surface area contributed by atoms with E-state index in [9.17, 15) is 13.2 Å². The fourth-order valence-corrected chi connectivity index (χ4v) is 5.55. The molecule has 0 atom stereocenters. The van der Waals surface area contributed by atoms with Crippen molar-refractivity contribution in [2.45, 2.75) is 54.4 Å². The monoisotopic (exact) mass is 354 g/mol. The van der Waals surface area contributed by atoms with E-state index in [4.69, 9.17) is 0 Å². The van der Waals surface area contributed by atoms with Crippen molar-refractivity contribution in [3.05, 3.63) is 18.2 Å². The summed E-state index contributed by atoms with van der Waals surface area (Å²) in [5, 5.41) is 2.81. The van der Waals surface area contributed by atoms with Gasteiger partial charge >= 0.3 is 0 Å². The van der Waals surface area contributed by atoms with Crippen molar-refractivity contribution in [3.8, 4) is 0 Å². The fourth-order valence-electron chi connectivity index (χ4n) is 3.17. The van der Waals surface area contributed by atoms with Crippen molar-refractivity contribution in [2.24, 2.45) is 0 Å². The van der Waals surface area contributed by atoms with Crippen LogP contribution in [-0.4, -0.2) is 37.5 Å². The Labute approximate surface area is 141 Å². The van der Waals surface area contributed by atoms with Gasteiger partial charge in [0, 0.05) is 30.2 Å². The first kappa shape index (κ1) is 16.8. The number of benzene rings is 1. The quantitative estimate of drug-likeness (QED) is 0.906. The second-order valence-corrected chi connectivity index (χ2v) is 9.25. The molecule has 1 fully saturated rings. The molecule has 1 aromatic rings. The third-order valence-corrected chi connectivity index (χ3v) is 7.56. The van der Waals surface area contributed by atoms with Crippen molar-refractivity contribution in [3.63, 3.8) is 0 Å². The Morgan fingerprint density at radius 3 is 2.70 bits per heavy atom. The van der Waals surface area contributed by atoms with Crippen molar-refractivity contribution >= 4 is 33.4 Å². The number of carbonyl (C=O) groups is 1. The summed E-state index contributed by atoms with van der Waals surface area (Å²) in [5.74, 6) is 0.652. The normalized spacial score (nSPS) is 20.0. The maximum atomic E-state index is 12.9. The minimum atomic E-state index is -3.53. The molecule has 1 amide bonds. The molecular weight excluding hydrogens is 332 g/mol. The number of hydrogen-bond acceptors (Lipinski definition) is 4. The highest BCUT2D eigenvalue weighted by Crippen LogP contribution is 2.34. The van der Waals surface area contributed by atoms with Gasteiger partial charge in [0.2, 0.25) is 15.9 Å². The predicted octanol–water partition coefficient (Wildman–Crippen LogP) is 3.07. The number of anilines is 1. The second-order valence-electron chi connectivity index (χ2n) is 6.12. The molecule has 0 radical (unpaired) electrons. The zero-order valence-electron chi connectivity index (χ0n) is 13.2. The van der Waals surface area contributed by atoms with Crippen LogP contribution in [0.4, 0.5) is 5.69 Å². The van der Waals surface area contributed by atoms with Crippen LogP contribution in [0, 0.1) is 0 Å². The van der Waals surface area contributed by atoms with Crippen molar-refractivity contribution in [1.29, 1.82) is 0 Å². The Bertz CT molecular complexity index is 697. The minimum absolute atomic E-state index is 0.0635. The number of carbonyl (C=O) groups excluding carboxylic acids is 1. The van der Waals surface area contributed by atoms with Gasteiger partial charge in [0.05, 0.1) is 10.6 Å². The van der Waals surface area contributed by atoms with Crippen LogP contribution in [-0.2, 0) is 14.8 Å². The average Bonchev–Trinajstić information content (AvgIpc) is 2.74. The maximum absolute atomic E-state index is 12.9. The van der Waals surface area contributed by atoms with Gasteiger partial charge in [-0.3, -0.25) is 4.79 Å². The molecular formula is C16H22N2O3S2. The highest BCUT2D eigenvalue weighted by atomic mass is 32.2. The van der Waals surface area contributed by atoms with Gasteiger partial charge in [0.1, 0.15) is 0 Å². The summed E-state index contributed by atoms with van der Waals surface area (Å²) >= 11 is 1.58. The molecule has 23 heavy (non-hydrogen) atoms. The summed E-state index contributed by atoms with van der Waals surface area (Å²) in [5.41, 5.74) is 0.607. The molecule has 7 heteroatoms. The fraction of sp³-hybridized carbons (Fsp3) is 0.562. The Hall–Kier alpha value is -1.05. The van der Waals surface area contributed by atoms with Crippen LogP contribution in [0.3, 0.4) is 0 Å². The van der Waals surface area contributed by atoms with Crippen molar-refractivity contribution in [1.82, 2.24) is 4.31 Å². The van der Waals surface area contributed by atoms with Gasteiger partial charge in [0.25, 0.3) is 0 Å². The maximum Gasteiger partial charge on any atom is 0.243 e. The Balaban J connectivity index is 1.89. The first-order chi connectivity index (χ1) is 11.0. The largest absolute Gasteiger partial charge is 0.325 e. The van der Waals surface area contributed by atoms with Crippen LogP contribution in [0.5, 0.6) is 0 Å². The van der Waals surface area contributed by atoms with E-state index in [1.807, 2.05) is 0 Å². The molecule has 126 valence electrons. The van der Waals surface area contributed by atoms with Gasteiger partial charge < -0.3 is 5.32 Å². The van der Waals surface area contributed by atoms with E-state index in [0.29, 0.717) is 17.9 Å². The lowest BCUT2D eigenvalue weighted by Crippen LogP contribution is -2.38. The molecule has 0 aromatic heterocycles. The van der Waals surface area contributed by atoms with Gasteiger partial charge in [-0.1, -0.05) is 19.3 Å². The number of fused-ring (bicyclic) bond motifs is 1. The lowest BCUT2D eigenvalue weighted by atomic mass is 9.96. The zero-order chi connectivity index (χ0) is 16.4. The molecule has 1 heterocycles. The van der Waals surface area contributed by atoms with Gasteiger partial charge in [0.15, 0.2) is 0 Å². The molecule has 1 aliphatic carbocycles. The third-order valence-electron chi connectivity index (χ3n) is 4.58. The number of thioether (sulfide) groups is 1. The Morgan fingerprint density at radius 1 is 1.22 bits per heavy atom. The SMILES string of the molecule is CN(C1CCCCC1)S(=O)(=O)c1ccc2c(c1)NC(=O)CCS2. The molecule has 1 N–H and O–H groups in total. The molecule has 3 rings (SSSR count). The molecule has 0 spiro atoms. The van der Waals surface area contributed by atoms with Crippen LogP contribution in [0.15, 0.2) is 28.0 Å². The highest BCUT2D eigenvalue weighted by Gasteiger charge is 2.29. The van der Waals surface area contributed by atoms with Crippen molar-refractivity contribution < 1.29 is 13.2 Å². The van der Waals surface area contributed by atoms with Crippen LogP contribution in [0.25, 0.3) is 0 Å². The van der Waals surface area contributed by atoms with Crippen LogP contribution >= 0.6 is 11.8 Å². The summed E-state index contributed by atoms with van der Waals surface area (Å²) in [6, 6.07) is 5.13. The van der Waals surface area contributed by atoms with E-state index in [2.05, 4.69) is 5.32 Å². The molecule has 1 saturated carbocycles. The first-order valence-electron chi connectivity index (χ1n) is 8.03. The van der Waals surface area contributed by atoms with Crippen LogP contribution in [0.2, 0.25) is 0 Å². The van der Waals surface area contributed by atoms with Gasteiger partial charge in [-0.25, -0.2) is 8.42 Å². The molecule has 0 bridgehead atoms. The minimum Gasteiger partial charge on any atom is -0.325 e. The summed E-state index contributed by atoms with van der Waals surface area (Å²) in [6.45, 7) is 0. The lowest BCUT2D eigenvalue weighted by molar-refractivity contribution is -0.115. The topological polar surface area (TPSA) is 66.5 Å². The molecule has 1 aliphatic heterocycles. The third kappa shape index (κ3) is 3.56. The van der Waals surface area contributed by atoms with Gasteiger partial charge in [-0.2, -0.15) is 4.31 Å². The molecule has 0 unspecified atom stereocenters. The van der Waals surface area contributed by atoms with E-state index in [-0.39, 0.29) is 16.8 Å². The summed E-state index contributed by atoms with van der Waals surface area (Å²) < 4.78 is 27.3. The number of hydrogen-bond donors (Lipinski definition) is 1. The number of sulfonamides is 1. The smallest absolute Gasteiger partial charge is 0.243 e. The van der Waals surface area contributed by atoms with E-state index < -0.39 is 10.0 Å². The second kappa shape index (κ2) is 6.83. The van der Waals surface area contributed by atoms with Crippen LogP contribution in [0.1, 0.15) is 38.5 Å². The highest BCUT2D eigenvalue weighted by molar-refractivity contribution is 7.99. The first-order valence-corrected chi connectivity index (χ1v) is 10.5. The Morgan fingerprint density at radius 2 is 1.96 bits per heavy atom. The van der Waals surface area contributed by atoms with E-state index in [0.717, 1.165) is 30.6 Å². The van der Waals surface area contributed by atoms with Crippen LogP contribution < -0.4 is 5.32 Å². The molecule has 5 nitrogen and oxygen atoms in total. The van der Waals surface area contributed by atoms with E-state index in [1.54, 1.807) is 37.0 Å². The molecule has 0 saturated heterocycles. The Kier molecular flexibility index (Phi) is 4.98. The molecule has 1 aromatic carbocycles. The summed E-state index contributed by atoms with van der Waals surface area (Å²) in [7, 11) is -1.86. The van der Waals surface area contributed by atoms with E-state index >= 15 is 0 Å². The number of nitrogens with zero attached hydrogens (tertiary/aromatic N) is 1. The average molecular weight is 354 g/mol. The zero-order valence-corrected chi connectivity index (χ0v) is 14.9. The summed E-state index contributed by atoms with van der Waals surface area (Å²) in [4.78, 5) is 12.9. The number of amides is 1. The van der Waals surface area contributed by atoms with Crippen molar-refractivity contribution in [2.75, 3.05) is 18.1 Å². The van der Waals surface area contributed by atoms with E-state index in [1.165, 1.54) is 10.7 Å². The lowest BCUT2D eigenvalue weighted by Gasteiger charge is -2.30. The number of nitrogens with one attached hydrogen (secondary N) is 1. The number of rotatable bonds is 3. The van der Waals surface area contributed by atoms with Gasteiger partial charge in [-0.05, 0) is 31.0 Å². The predicted molar refractivity (Wildman–Crippen MR) is 92.2 cm³/mol.